The highest BCUT2D eigenvalue weighted by Crippen LogP contribution is 2.32. The first-order valence-electron chi connectivity index (χ1n) is 5.30. The number of hydrogen-bond acceptors (Lipinski definition) is 4. The zero-order valence-electron chi connectivity index (χ0n) is 9.59. The minimum absolute atomic E-state index is 0.358. The topological polar surface area (TPSA) is 37.4 Å². The molecule has 2 atom stereocenters. The lowest BCUT2D eigenvalue weighted by Crippen LogP contribution is -2.43. The lowest BCUT2D eigenvalue weighted by molar-refractivity contribution is 0.406. The molecule has 0 N–H and O–H groups in total. The third-order valence-electron chi connectivity index (χ3n) is 2.53. The van der Waals surface area contributed by atoms with Crippen molar-refractivity contribution in [1.82, 2.24) is 4.31 Å². The number of thiophene rings is 1. The van der Waals surface area contributed by atoms with Gasteiger partial charge in [-0.05, 0) is 28.1 Å². The summed E-state index contributed by atoms with van der Waals surface area (Å²) in [7, 11) is -3.30. The summed E-state index contributed by atoms with van der Waals surface area (Å²) in [4.78, 5) is 0. The third kappa shape index (κ3) is 3.07. The van der Waals surface area contributed by atoms with Crippen molar-refractivity contribution in [3.05, 3.63) is 15.9 Å². The second-order valence-corrected chi connectivity index (χ2v) is 10.6. The van der Waals surface area contributed by atoms with Crippen molar-refractivity contribution in [3.8, 4) is 0 Å². The maximum atomic E-state index is 12.4. The molecule has 7 heteroatoms. The van der Waals surface area contributed by atoms with Gasteiger partial charge in [0.05, 0.1) is 3.79 Å². The Morgan fingerprint density at radius 3 is 2.35 bits per heavy atom. The molecule has 0 aliphatic carbocycles. The minimum atomic E-state index is -3.30. The van der Waals surface area contributed by atoms with Crippen molar-refractivity contribution >= 4 is 49.1 Å². The smallest absolute Gasteiger partial charge is 0.206 e. The van der Waals surface area contributed by atoms with Crippen molar-refractivity contribution in [2.24, 2.45) is 0 Å². The number of halogens is 1. The molecular weight excluding hydrogens is 342 g/mol. The van der Waals surface area contributed by atoms with Gasteiger partial charge in [-0.25, -0.2) is 8.42 Å². The summed E-state index contributed by atoms with van der Waals surface area (Å²) in [5, 5.41) is 0.717. The van der Waals surface area contributed by atoms with Gasteiger partial charge in [0, 0.05) is 23.6 Å². The average molecular weight is 356 g/mol. The van der Waals surface area contributed by atoms with E-state index >= 15 is 0 Å². The van der Waals surface area contributed by atoms with E-state index in [0.717, 1.165) is 3.79 Å². The molecule has 1 aromatic heterocycles. The molecule has 17 heavy (non-hydrogen) atoms. The normalized spacial score (nSPS) is 27.2. The van der Waals surface area contributed by atoms with Gasteiger partial charge < -0.3 is 0 Å². The number of hydrogen-bond donors (Lipinski definition) is 0. The molecule has 0 aromatic carbocycles. The number of sulfonamides is 1. The standard InChI is InChI=1S/C10H14BrNO2S3/c1-7-5-12(6-8(2)15-7)17(13,14)10-4-3-9(11)16-10/h3-4,7-8H,5-6H2,1-2H3. The summed E-state index contributed by atoms with van der Waals surface area (Å²) >= 11 is 6.42. The van der Waals surface area contributed by atoms with Gasteiger partial charge in [0.25, 0.3) is 10.0 Å². The molecule has 0 radical (unpaired) electrons. The highest BCUT2D eigenvalue weighted by molar-refractivity contribution is 9.11. The van der Waals surface area contributed by atoms with Gasteiger partial charge in [0.15, 0.2) is 0 Å². The summed E-state index contributed by atoms with van der Waals surface area (Å²) < 4.78 is 27.7. The van der Waals surface area contributed by atoms with Crippen LogP contribution < -0.4 is 0 Å². The van der Waals surface area contributed by atoms with E-state index in [0.29, 0.717) is 27.8 Å². The Bertz CT molecular complexity index is 489. The largest absolute Gasteiger partial charge is 0.252 e. The van der Waals surface area contributed by atoms with Crippen LogP contribution in [-0.2, 0) is 10.0 Å². The summed E-state index contributed by atoms with van der Waals surface area (Å²) in [5.74, 6) is 0. The fourth-order valence-electron chi connectivity index (χ4n) is 1.89. The maximum Gasteiger partial charge on any atom is 0.252 e. The Balaban J connectivity index is 2.26. The summed E-state index contributed by atoms with van der Waals surface area (Å²) in [6.45, 7) is 5.36. The predicted octanol–water partition coefficient (Wildman–Crippen LogP) is 3.03. The van der Waals surface area contributed by atoms with Gasteiger partial charge >= 0.3 is 0 Å². The van der Waals surface area contributed by atoms with Crippen LogP contribution in [0.4, 0.5) is 0 Å². The van der Waals surface area contributed by atoms with Crippen molar-refractivity contribution in [1.29, 1.82) is 0 Å². The Kier molecular flexibility index (Phi) is 4.24. The molecule has 0 amide bonds. The number of nitrogens with zero attached hydrogens (tertiary/aromatic N) is 1. The van der Waals surface area contributed by atoms with E-state index in [4.69, 9.17) is 0 Å². The quantitative estimate of drug-likeness (QED) is 0.818. The number of thioether (sulfide) groups is 1. The van der Waals surface area contributed by atoms with E-state index in [2.05, 4.69) is 29.8 Å². The van der Waals surface area contributed by atoms with Gasteiger partial charge in [-0.1, -0.05) is 13.8 Å². The lowest BCUT2D eigenvalue weighted by Gasteiger charge is -2.33. The fraction of sp³-hybridized carbons (Fsp3) is 0.600. The van der Waals surface area contributed by atoms with Crippen LogP contribution in [-0.4, -0.2) is 36.3 Å². The van der Waals surface area contributed by atoms with Gasteiger partial charge in [-0.15, -0.1) is 11.3 Å². The van der Waals surface area contributed by atoms with Gasteiger partial charge in [0.1, 0.15) is 4.21 Å². The molecule has 1 saturated heterocycles. The van der Waals surface area contributed by atoms with Crippen molar-refractivity contribution in [2.75, 3.05) is 13.1 Å². The summed E-state index contributed by atoms with van der Waals surface area (Å²) in [6.07, 6.45) is 0. The molecule has 96 valence electrons. The fourth-order valence-corrected chi connectivity index (χ4v) is 7.19. The Morgan fingerprint density at radius 1 is 1.29 bits per heavy atom. The minimum Gasteiger partial charge on any atom is -0.206 e. The molecule has 2 unspecified atom stereocenters. The van der Waals surface area contributed by atoms with Crippen LogP contribution in [0.5, 0.6) is 0 Å². The van der Waals surface area contributed by atoms with Crippen molar-refractivity contribution in [2.45, 2.75) is 28.6 Å². The van der Waals surface area contributed by atoms with Crippen LogP contribution in [0.15, 0.2) is 20.1 Å². The zero-order chi connectivity index (χ0) is 12.6. The molecule has 0 bridgehead atoms. The van der Waals surface area contributed by atoms with Crippen LogP contribution in [0, 0.1) is 0 Å². The molecule has 1 aliphatic rings. The second-order valence-electron chi connectivity index (χ2n) is 4.14. The van der Waals surface area contributed by atoms with Crippen molar-refractivity contribution in [3.63, 3.8) is 0 Å². The van der Waals surface area contributed by atoms with E-state index in [1.165, 1.54) is 11.3 Å². The van der Waals surface area contributed by atoms with E-state index in [9.17, 15) is 8.42 Å². The Labute approximate surface area is 119 Å². The van der Waals surface area contributed by atoms with Crippen LogP contribution >= 0.6 is 39.0 Å². The first-order valence-corrected chi connectivity index (χ1v) is 9.30. The van der Waals surface area contributed by atoms with E-state index in [-0.39, 0.29) is 0 Å². The van der Waals surface area contributed by atoms with Crippen molar-refractivity contribution < 1.29 is 8.42 Å². The van der Waals surface area contributed by atoms with Gasteiger partial charge in [-0.2, -0.15) is 16.1 Å². The summed E-state index contributed by atoms with van der Waals surface area (Å²) in [6, 6.07) is 3.45. The summed E-state index contributed by atoms with van der Waals surface area (Å²) in [5.41, 5.74) is 0. The van der Waals surface area contributed by atoms with E-state index in [1.807, 2.05) is 11.8 Å². The number of rotatable bonds is 2. The Hall–Kier alpha value is 0.440. The molecule has 1 aromatic rings. The molecular formula is C10H14BrNO2S3. The van der Waals surface area contributed by atoms with Crippen LogP contribution in [0.3, 0.4) is 0 Å². The maximum absolute atomic E-state index is 12.4. The molecule has 0 spiro atoms. The zero-order valence-corrected chi connectivity index (χ0v) is 13.6. The second kappa shape index (κ2) is 5.21. The Morgan fingerprint density at radius 2 is 1.88 bits per heavy atom. The molecule has 3 nitrogen and oxygen atoms in total. The van der Waals surface area contributed by atoms with Crippen LogP contribution in [0.25, 0.3) is 0 Å². The van der Waals surface area contributed by atoms with Gasteiger partial charge in [-0.3, -0.25) is 0 Å². The molecule has 2 rings (SSSR count). The monoisotopic (exact) mass is 355 g/mol. The first kappa shape index (κ1) is 13.9. The third-order valence-corrected chi connectivity index (χ3v) is 7.68. The highest BCUT2D eigenvalue weighted by atomic mass is 79.9. The predicted molar refractivity (Wildman–Crippen MR) is 77.3 cm³/mol. The molecule has 0 saturated carbocycles. The van der Waals surface area contributed by atoms with Gasteiger partial charge in [0.2, 0.25) is 0 Å². The molecule has 2 heterocycles. The average Bonchev–Trinajstić information content (AvgIpc) is 2.64. The highest BCUT2D eigenvalue weighted by Gasteiger charge is 2.32. The SMILES string of the molecule is CC1CN(S(=O)(=O)c2ccc(Br)s2)CC(C)S1. The molecule has 1 fully saturated rings. The molecule has 1 aliphatic heterocycles. The van der Waals surface area contributed by atoms with E-state index < -0.39 is 10.0 Å². The lowest BCUT2D eigenvalue weighted by atomic mass is 10.4. The van der Waals surface area contributed by atoms with Crippen LogP contribution in [0.1, 0.15) is 13.8 Å². The first-order chi connectivity index (χ1) is 7.89. The van der Waals surface area contributed by atoms with E-state index in [1.54, 1.807) is 16.4 Å². The van der Waals surface area contributed by atoms with Crippen LogP contribution in [0.2, 0.25) is 0 Å².